The van der Waals surface area contributed by atoms with Gasteiger partial charge in [-0.25, -0.2) is 4.98 Å². The van der Waals surface area contributed by atoms with Crippen LogP contribution in [-0.2, 0) is 13.1 Å². The van der Waals surface area contributed by atoms with E-state index in [-0.39, 0.29) is 5.56 Å². The van der Waals surface area contributed by atoms with Gasteiger partial charge in [-0.05, 0) is 18.6 Å². The summed E-state index contributed by atoms with van der Waals surface area (Å²) in [6.45, 7) is 3.66. The van der Waals surface area contributed by atoms with E-state index in [4.69, 9.17) is 4.98 Å². The first kappa shape index (κ1) is 17.6. The minimum atomic E-state index is -0.0587. The Kier molecular flexibility index (Phi) is 4.88. The molecule has 0 saturated carbocycles. The second kappa shape index (κ2) is 7.47. The van der Waals surface area contributed by atoms with E-state index in [1.807, 2.05) is 24.3 Å². The summed E-state index contributed by atoms with van der Waals surface area (Å²) in [7, 11) is 2.12. The molecule has 1 atom stereocenters. The number of H-pyrrole nitrogens is 1. The first-order valence-corrected chi connectivity index (χ1v) is 9.85. The molecule has 136 valence electrons. The van der Waals surface area contributed by atoms with Crippen LogP contribution in [0.2, 0.25) is 0 Å². The molecule has 4 rings (SSSR count). The fraction of sp³-hybridized carbons (Fsp3) is 0.182. The predicted octanol–water partition coefficient (Wildman–Crippen LogP) is 3.17. The van der Waals surface area contributed by atoms with Crippen LogP contribution < -0.4 is 10.5 Å². The van der Waals surface area contributed by atoms with Gasteiger partial charge in [0.15, 0.2) is 5.82 Å². The van der Waals surface area contributed by atoms with Crippen LogP contribution in [0.15, 0.2) is 65.5 Å². The van der Waals surface area contributed by atoms with Crippen molar-refractivity contribution >= 4 is 21.6 Å². The fourth-order valence-electron chi connectivity index (χ4n) is 3.21. The Hall–Kier alpha value is -2.76. The molecular weight excluding hydrogens is 354 g/mol. The largest absolute Gasteiger partial charge is 0.327 e. The highest BCUT2D eigenvalue weighted by molar-refractivity contribution is 7.21. The molecular formula is C22H22N3OS+. The van der Waals surface area contributed by atoms with Gasteiger partial charge < -0.3 is 9.88 Å². The number of aromatic nitrogens is 2. The molecule has 5 heteroatoms. The van der Waals surface area contributed by atoms with Gasteiger partial charge in [0, 0.05) is 10.4 Å². The van der Waals surface area contributed by atoms with Crippen molar-refractivity contribution in [2.24, 2.45) is 0 Å². The van der Waals surface area contributed by atoms with Crippen LogP contribution in [0.25, 0.3) is 20.7 Å². The molecule has 0 bridgehead atoms. The molecule has 2 aromatic carbocycles. The van der Waals surface area contributed by atoms with Gasteiger partial charge in [0.05, 0.1) is 12.4 Å². The second-order valence-corrected chi connectivity index (χ2v) is 8.04. The number of hydrogen-bond acceptors (Lipinski definition) is 3. The lowest BCUT2D eigenvalue weighted by molar-refractivity contribution is -0.908. The average molecular weight is 377 g/mol. The normalized spacial score (nSPS) is 12.4. The zero-order valence-corrected chi connectivity index (χ0v) is 16.3. The van der Waals surface area contributed by atoms with E-state index in [1.54, 1.807) is 11.3 Å². The number of aryl methyl sites for hydroxylation is 1. The van der Waals surface area contributed by atoms with Crippen molar-refractivity contribution in [3.63, 3.8) is 0 Å². The van der Waals surface area contributed by atoms with E-state index in [0.717, 1.165) is 27.6 Å². The van der Waals surface area contributed by atoms with Crippen molar-refractivity contribution in [3.8, 4) is 10.4 Å². The van der Waals surface area contributed by atoms with E-state index in [9.17, 15) is 4.79 Å². The zero-order chi connectivity index (χ0) is 18.8. The third kappa shape index (κ3) is 3.99. The van der Waals surface area contributed by atoms with Crippen molar-refractivity contribution < 1.29 is 4.90 Å². The number of nitrogens with one attached hydrogen (secondary N) is 2. The summed E-state index contributed by atoms with van der Waals surface area (Å²) in [6, 6.07) is 20.6. The molecule has 27 heavy (non-hydrogen) atoms. The van der Waals surface area contributed by atoms with Crippen LogP contribution in [0.1, 0.15) is 17.0 Å². The van der Waals surface area contributed by atoms with Gasteiger partial charge >= 0.3 is 0 Å². The smallest absolute Gasteiger partial charge is 0.259 e. The van der Waals surface area contributed by atoms with Crippen molar-refractivity contribution in [3.05, 3.63) is 88.0 Å². The van der Waals surface area contributed by atoms with Gasteiger partial charge in [0.1, 0.15) is 17.9 Å². The molecule has 0 aliphatic rings. The van der Waals surface area contributed by atoms with E-state index in [1.165, 1.54) is 16.0 Å². The van der Waals surface area contributed by atoms with Crippen LogP contribution in [-0.4, -0.2) is 17.0 Å². The number of aromatic amines is 1. The molecule has 0 radical (unpaired) electrons. The molecule has 0 saturated heterocycles. The highest BCUT2D eigenvalue weighted by Crippen LogP contribution is 2.30. The predicted molar refractivity (Wildman–Crippen MR) is 111 cm³/mol. The summed E-state index contributed by atoms with van der Waals surface area (Å²) < 4.78 is 0. The van der Waals surface area contributed by atoms with Gasteiger partial charge in [-0.3, -0.25) is 4.79 Å². The van der Waals surface area contributed by atoms with Crippen molar-refractivity contribution in [2.75, 3.05) is 7.05 Å². The third-order valence-corrected chi connectivity index (χ3v) is 5.68. The van der Waals surface area contributed by atoms with Crippen molar-refractivity contribution in [2.45, 2.75) is 20.0 Å². The van der Waals surface area contributed by atoms with E-state index in [2.05, 4.69) is 55.4 Å². The highest BCUT2D eigenvalue weighted by Gasteiger charge is 2.13. The van der Waals surface area contributed by atoms with E-state index >= 15 is 0 Å². The first-order valence-electron chi connectivity index (χ1n) is 9.03. The van der Waals surface area contributed by atoms with Crippen molar-refractivity contribution in [1.82, 2.24) is 9.97 Å². The maximum absolute atomic E-state index is 12.5. The number of quaternary nitrogens is 1. The lowest BCUT2D eigenvalue weighted by atomic mass is 10.1. The van der Waals surface area contributed by atoms with Crippen LogP contribution in [0, 0.1) is 6.92 Å². The number of benzene rings is 2. The van der Waals surface area contributed by atoms with Gasteiger partial charge in [0.25, 0.3) is 5.56 Å². The van der Waals surface area contributed by atoms with Gasteiger partial charge in [0.2, 0.25) is 0 Å². The molecule has 0 fully saturated rings. The van der Waals surface area contributed by atoms with Crippen LogP contribution >= 0.6 is 11.3 Å². The summed E-state index contributed by atoms with van der Waals surface area (Å²) in [5, 5.41) is 0.666. The summed E-state index contributed by atoms with van der Waals surface area (Å²) in [5.74, 6) is 0.735. The Morgan fingerprint density at radius 2 is 1.78 bits per heavy atom. The Balaban J connectivity index is 1.57. The monoisotopic (exact) mass is 376 g/mol. The second-order valence-electron chi connectivity index (χ2n) is 7.00. The number of thiophene rings is 1. The number of rotatable bonds is 5. The molecule has 1 unspecified atom stereocenters. The Morgan fingerprint density at radius 3 is 2.52 bits per heavy atom. The SMILES string of the molecule is Cc1ccc(C[NH+](C)Cc2nc3sc(-c4ccccc4)cc3c(=O)[nH]2)cc1. The van der Waals surface area contributed by atoms with Crippen LogP contribution in [0.4, 0.5) is 0 Å². The molecule has 0 amide bonds. The minimum absolute atomic E-state index is 0.0587. The Bertz CT molecular complexity index is 1110. The molecule has 0 aliphatic heterocycles. The topological polar surface area (TPSA) is 50.2 Å². The first-order chi connectivity index (χ1) is 13.1. The minimum Gasteiger partial charge on any atom is -0.327 e. The summed E-state index contributed by atoms with van der Waals surface area (Å²) in [4.78, 5) is 23.4. The Labute approximate surface area is 162 Å². The number of hydrogen-bond donors (Lipinski definition) is 2. The van der Waals surface area contributed by atoms with Crippen LogP contribution in [0.5, 0.6) is 0 Å². The number of fused-ring (bicyclic) bond motifs is 1. The zero-order valence-electron chi connectivity index (χ0n) is 15.5. The van der Waals surface area contributed by atoms with E-state index in [0.29, 0.717) is 11.9 Å². The Morgan fingerprint density at radius 1 is 1.04 bits per heavy atom. The molecule has 4 nitrogen and oxygen atoms in total. The number of nitrogens with zero attached hydrogens (tertiary/aromatic N) is 1. The maximum atomic E-state index is 12.5. The molecule has 2 heterocycles. The van der Waals surface area contributed by atoms with Gasteiger partial charge in [-0.1, -0.05) is 60.2 Å². The van der Waals surface area contributed by atoms with Gasteiger partial charge in [-0.2, -0.15) is 0 Å². The molecule has 0 spiro atoms. The summed E-state index contributed by atoms with van der Waals surface area (Å²) in [5.41, 5.74) is 3.60. The fourth-order valence-corrected chi connectivity index (χ4v) is 4.26. The third-order valence-electron chi connectivity index (χ3n) is 4.61. The quantitative estimate of drug-likeness (QED) is 0.562. The maximum Gasteiger partial charge on any atom is 0.259 e. The highest BCUT2D eigenvalue weighted by atomic mass is 32.1. The van der Waals surface area contributed by atoms with Gasteiger partial charge in [-0.15, -0.1) is 11.3 Å². The average Bonchev–Trinajstić information content (AvgIpc) is 3.09. The van der Waals surface area contributed by atoms with E-state index < -0.39 is 0 Å². The summed E-state index contributed by atoms with van der Waals surface area (Å²) >= 11 is 1.57. The summed E-state index contributed by atoms with van der Waals surface area (Å²) in [6.07, 6.45) is 0. The molecule has 2 aromatic heterocycles. The molecule has 0 aliphatic carbocycles. The van der Waals surface area contributed by atoms with Crippen molar-refractivity contribution in [1.29, 1.82) is 0 Å². The lowest BCUT2D eigenvalue weighted by Crippen LogP contribution is -3.06. The van der Waals surface area contributed by atoms with Crippen LogP contribution in [0.3, 0.4) is 0 Å². The standard InChI is InChI=1S/C22H21N3OS/c1-15-8-10-16(11-9-15)13-25(2)14-20-23-21(26)18-12-19(27-22(18)24-20)17-6-4-3-5-7-17/h3-12H,13-14H2,1-2H3,(H,23,24,26)/p+1. The molecule has 4 aromatic rings. The lowest BCUT2D eigenvalue weighted by Gasteiger charge is -2.13. The molecule has 2 N–H and O–H groups in total.